The Bertz CT molecular complexity index is 1050. The van der Waals surface area contributed by atoms with E-state index in [0.29, 0.717) is 23.4 Å². The lowest BCUT2D eigenvalue weighted by Gasteiger charge is -2.11. The fraction of sp³-hybridized carbons (Fsp3) is 0.222. The van der Waals surface area contributed by atoms with Crippen LogP contribution in [0.25, 0.3) is 22.4 Å². The second-order valence-electron chi connectivity index (χ2n) is 5.39. The summed E-state index contributed by atoms with van der Waals surface area (Å²) in [7, 11) is 1.59. The lowest BCUT2D eigenvalue weighted by atomic mass is 10.2. The van der Waals surface area contributed by atoms with Crippen LogP contribution in [0.15, 0.2) is 52.7 Å². The van der Waals surface area contributed by atoms with Crippen LogP contribution < -0.4 is 16.0 Å². The third kappa shape index (κ3) is 2.84. The average Bonchev–Trinajstić information content (AvgIpc) is 2.65. The standard InChI is InChI=1S/C18H18N4O3/c1-4-10-22-17(23)14-11-19-15(12-6-8-13(25-3)9-7-12)20-16(14)21(5-2)18(22)24/h4,6-9,11H,1,5,10H2,2-3H3. The van der Waals surface area contributed by atoms with Crippen molar-refractivity contribution in [3.8, 4) is 17.1 Å². The zero-order valence-electron chi connectivity index (χ0n) is 14.1. The molecule has 3 aromatic rings. The van der Waals surface area contributed by atoms with Gasteiger partial charge in [0.25, 0.3) is 5.56 Å². The number of nitrogens with zero attached hydrogens (tertiary/aromatic N) is 4. The van der Waals surface area contributed by atoms with Crippen LogP contribution in [-0.4, -0.2) is 26.2 Å². The molecule has 0 atom stereocenters. The maximum absolute atomic E-state index is 12.6. The van der Waals surface area contributed by atoms with Crippen LogP contribution in [0, 0.1) is 0 Å². The van der Waals surface area contributed by atoms with Gasteiger partial charge >= 0.3 is 5.69 Å². The summed E-state index contributed by atoms with van der Waals surface area (Å²) in [6.07, 6.45) is 2.98. The highest BCUT2D eigenvalue weighted by Crippen LogP contribution is 2.20. The van der Waals surface area contributed by atoms with Gasteiger partial charge in [-0.05, 0) is 31.2 Å². The Labute approximate surface area is 143 Å². The number of aromatic nitrogens is 4. The van der Waals surface area contributed by atoms with E-state index in [4.69, 9.17) is 4.74 Å². The predicted molar refractivity (Wildman–Crippen MR) is 95.9 cm³/mol. The van der Waals surface area contributed by atoms with Crippen LogP contribution in [-0.2, 0) is 13.1 Å². The SMILES string of the molecule is C=CCn1c(=O)c2cnc(-c3ccc(OC)cc3)nc2n(CC)c1=O. The van der Waals surface area contributed by atoms with Gasteiger partial charge in [0.1, 0.15) is 11.1 Å². The third-order valence-corrected chi connectivity index (χ3v) is 3.94. The lowest BCUT2D eigenvalue weighted by Crippen LogP contribution is -2.40. The van der Waals surface area contributed by atoms with Crippen molar-refractivity contribution in [3.05, 3.63) is 64.0 Å². The minimum Gasteiger partial charge on any atom is -0.497 e. The molecule has 0 saturated heterocycles. The molecule has 25 heavy (non-hydrogen) atoms. The summed E-state index contributed by atoms with van der Waals surface area (Å²) in [6, 6.07) is 7.26. The van der Waals surface area contributed by atoms with Gasteiger partial charge in [-0.3, -0.25) is 13.9 Å². The Hall–Kier alpha value is -3.22. The molecule has 0 saturated carbocycles. The van der Waals surface area contributed by atoms with Crippen LogP contribution in [0.4, 0.5) is 0 Å². The van der Waals surface area contributed by atoms with Gasteiger partial charge in [0.05, 0.1) is 7.11 Å². The molecule has 2 heterocycles. The van der Waals surface area contributed by atoms with Crippen LogP contribution in [0.5, 0.6) is 5.75 Å². The highest BCUT2D eigenvalue weighted by molar-refractivity contribution is 5.75. The fourth-order valence-electron chi connectivity index (χ4n) is 2.65. The van der Waals surface area contributed by atoms with E-state index in [1.807, 2.05) is 19.1 Å². The summed E-state index contributed by atoms with van der Waals surface area (Å²) in [5, 5.41) is 0.306. The second kappa shape index (κ2) is 6.72. The van der Waals surface area contributed by atoms with Crippen molar-refractivity contribution < 1.29 is 4.74 Å². The summed E-state index contributed by atoms with van der Waals surface area (Å²) < 4.78 is 7.74. The number of fused-ring (bicyclic) bond motifs is 1. The largest absolute Gasteiger partial charge is 0.497 e. The number of rotatable bonds is 5. The predicted octanol–water partition coefficient (Wildman–Crippen LogP) is 1.83. The van der Waals surface area contributed by atoms with Crippen molar-refractivity contribution in [2.24, 2.45) is 0 Å². The molecule has 0 spiro atoms. The molecule has 0 bridgehead atoms. The summed E-state index contributed by atoms with van der Waals surface area (Å²) in [5.74, 6) is 1.17. The summed E-state index contributed by atoms with van der Waals surface area (Å²) in [4.78, 5) is 33.9. The molecule has 128 valence electrons. The van der Waals surface area contributed by atoms with Crippen molar-refractivity contribution in [1.29, 1.82) is 0 Å². The molecule has 0 fully saturated rings. The molecule has 0 aliphatic carbocycles. The zero-order chi connectivity index (χ0) is 18.0. The van der Waals surface area contributed by atoms with E-state index >= 15 is 0 Å². The Morgan fingerprint density at radius 3 is 2.52 bits per heavy atom. The van der Waals surface area contributed by atoms with Gasteiger partial charge in [0, 0.05) is 24.8 Å². The van der Waals surface area contributed by atoms with Crippen LogP contribution >= 0.6 is 0 Å². The highest BCUT2D eigenvalue weighted by Gasteiger charge is 2.14. The number of benzene rings is 1. The van der Waals surface area contributed by atoms with Crippen molar-refractivity contribution >= 4 is 11.0 Å². The Morgan fingerprint density at radius 1 is 1.20 bits per heavy atom. The maximum atomic E-state index is 12.6. The fourth-order valence-corrected chi connectivity index (χ4v) is 2.65. The zero-order valence-corrected chi connectivity index (χ0v) is 14.1. The molecule has 7 nitrogen and oxygen atoms in total. The molecule has 0 amide bonds. The first kappa shape index (κ1) is 16.6. The molecule has 2 aromatic heterocycles. The van der Waals surface area contributed by atoms with Crippen LogP contribution in [0.2, 0.25) is 0 Å². The first-order valence-electron chi connectivity index (χ1n) is 7.86. The van der Waals surface area contributed by atoms with Gasteiger partial charge < -0.3 is 4.74 Å². The summed E-state index contributed by atoms with van der Waals surface area (Å²) >= 11 is 0. The monoisotopic (exact) mass is 338 g/mol. The molecule has 0 aliphatic rings. The van der Waals surface area contributed by atoms with E-state index in [1.165, 1.54) is 16.8 Å². The van der Waals surface area contributed by atoms with Crippen molar-refractivity contribution in [3.63, 3.8) is 0 Å². The summed E-state index contributed by atoms with van der Waals surface area (Å²) in [6.45, 7) is 5.97. The van der Waals surface area contributed by atoms with E-state index in [-0.39, 0.29) is 6.54 Å². The first-order chi connectivity index (χ1) is 12.1. The molecule has 0 N–H and O–H groups in total. The number of allylic oxidation sites excluding steroid dienone is 1. The Morgan fingerprint density at radius 2 is 1.92 bits per heavy atom. The Kier molecular flexibility index (Phi) is 4.47. The van der Waals surface area contributed by atoms with Crippen LogP contribution in [0.1, 0.15) is 6.92 Å². The van der Waals surface area contributed by atoms with Gasteiger partial charge in [-0.25, -0.2) is 14.8 Å². The van der Waals surface area contributed by atoms with E-state index in [0.717, 1.165) is 15.9 Å². The first-order valence-corrected chi connectivity index (χ1v) is 7.86. The average molecular weight is 338 g/mol. The molecular weight excluding hydrogens is 320 g/mol. The topological polar surface area (TPSA) is 79.0 Å². The van der Waals surface area contributed by atoms with Gasteiger partial charge in [-0.1, -0.05) is 6.08 Å². The van der Waals surface area contributed by atoms with Gasteiger partial charge in [-0.2, -0.15) is 0 Å². The van der Waals surface area contributed by atoms with Gasteiger partial charge in [0.2, 0.25) is 0 Å². The normalized spacial score (nSPS) is 10.8. The Balaban J connectivity index is 2.26. The molecule has 0 radical (unpaired) electrons. The van der Waals surface area contributed by atoms with E-state index < -0.39 is 11.2 Å². The number of hydrogen-bond donors (Lipinski definition) is 0. The molecule has 0 unspecified atom stereocenters. The number of aryl methyl sites for hydroxylation is 1. The van der Waals surface area contributed by atoms with Gasteiger partial charge in [-0.15, -0.1) is 6.58 Å². The number of hydrogen-bond acceptors (Lipinski definition) is 5. The lowest BCUT2D eigenvalue weighted by molar-refractivity contribution is 0.415. The smallest absolute Gasteiger partial charge is 0.332 e. The molecule has 1 aromatic carbocycles. The third-order valence-electron chi connectivity index (χ3n) is 3.94. The molecule has 7 heteroatoms. The summed E-state index contributed by atoms with van der Waals surface area (Å²) in [5.41, 5.74) is 0.289. The van der Waals surface area contributed by atoms with E-state index in [1.54, 1.807) is 19.2 Å². The van der Waals surface area contributed by atoms with Crippen molar-refractivity contribution in [2.45, 2.75) is 20.0 Å². The maximum Gasteiger partial charge on any atom is 0.332 e. The molecular formula is C18H18N4O3. The van der Waals surface area contributed by atoms with E-state index in [2.05, 4.69) is 16.5 Å². The molecule has 0 aliphatic heterocycles. The molecule has 3 rings (SSSR count). The van der Waals surface area contributed by atoms with E-state index in [9.17, 15) is 9.59 Å². The van der Waals surface area contributed by atoms with Crippen LogP contribution in [0.3, 0.4) is 0 Å². The number of methoxy groups -OCH3 is 1. The quantitative estimate of drug-likeness (QED) is 0.663. The minimum absolute atomic E-state index is 0.147. The highest BCUT2D eigenvalue weighted by atomic mass is 16.5. The van der Waals surface area contributed by atoms with Crippen molar-refractivity contribution in [2.75, 3.05) is 7.11 Å². The number of ether oxygens (including phenoxy) is 1. The second-order valence-corrected chi connectivity index (χ2v) is 5.39. The van der Waals surface area contributed by atoms with Gasteiger partial charge in [0.15, 0.2) is 11.5 Å². The van der Waals surface area contributed by atoms with Crippen molar-refractivity contribution in [1.82, 2.24) is 19.1 Å². The minimum atomic E-state index is -0.411.